The Labute approximate surface area is 176 Å². The molecule has 0 aliphatic rings. The smallest absolute Gasteiger partial charge is 0.494 e. The van der Waals surface area contributed by atoms with Gasteiger partial charge in [0.1, 0.15) is 11.6 Å². The maximum Gasteiger partial charge on any atom is 0.573 e. The molecular weight excluding hydrogens is 493 g/mol. The van der Waals surface area contributed by atoms with Crippen LogP contribution in [0.3, 0.4) is 0 Å². The standard InChI is InChI=1S/C18H19F4N3O2.HI/c19-13-7-9-14(10-8-13)26-12-4-3-11-24-17(23)25-15-5-1-2-6-16(15)27-18(20,21)22;/h1-2,5-10H,3-4,11-12H2,(H3,23,24,25);1H. The van der Waals surface area contributed by atoms with Crippen LogP contribution in [-0.2, 0) is 0 Å². The van der Waals surface area contributed by atoms with E-state index in [2.05, 4.69) is 15.0 Å². The second-order valence-electron chi connectivity index (χ2n) is 5.45. The first-order chi connectivity index (χ1) is 12.8. The van der Waals surface area contributed by atoms with Crippen molar-refractivity contribution < 1.29 is 27.0 Å². The molecule has 2 aromatic rings. The van der Waals surface area contributed by atoms with Crippen molar-refractivity contribution in [2.24, 2.45) is 10.7 Å². The van der Waals surface area contributed by atoms with Gasteiger partial charge in [-0.1, -0.05) is 12.1 Å². The van der Waals surface area contributed by atoms with E-state index in [1.54, 1.807) is 6.07 Å². The quantitative estimate of drug-likeness (QED) is 0.173. The van der Waals surface area contributed by atoms with E-state index >= 15 is 0 Å². The lowest BCUT2D eigenvalue weighted by Gasteiger charge is -2.14. The number of anilines is 1. The summed E-state index contributed by atoms with van der Waals surface area (Å²) in [6.07, 6.45) is -3.46. The molecule has 0 atom stereocenters. The van der Waals surface area contributed by atoms with Gasteiger partial charge >= 0.3 is 6.36 Å². The highest BCUT2D eigenvalue weighted by molar-refractivity contribution is 14.0. The van der Waals surface area contributed by atoms with E-state index in [0.29, 0.717) is 31.7 Å². The summed E-state index contributed by atoms with van der Waals surface area (Å²) in [6.45, 7) is 0.796. The normalized spacial score (nSPS) is 11.5. The van der Waals surface area contributed by atoms with Crippen molar-refractivity contribution in [3.63, 3.8) is 0 Å². The molecule has 2 rings (SSSR count). The molecule has 0 spiro atoms. The highest BCUT2D eigenvalue weighted by Gasteiger charge is 2.32. The maximum absolute atomic E-state index is 12.8. The molecule has 0 unspecified atom stereocenters. The first-order valence-electron chi connectivity index (χ1n) is 8.13. The average molecular weight is 513 g/mol. The third-order valence-corrected chi connectivity index (χ3v) is 3.29. The molecule has 154 valence electrons. The van der Waals surface area contributed by atoms with Crippen LogP contribution in [0.5, 0.6) is 11.5 Å². The molecular formula is C18H20F4IN3O2. The first-order valence-corrected chi connectivity index (χ1v) is 8.13. The number of para-hydroxylation sites is 2. The Morgan fingerprint density at radius 2 is 1.71 bits per heavy atom. The summed E-state index contributed by atoms with van der Waals surface area (Å²) in [5, 5.41) is 2.59. The minimum Gasteiger partial charge on any atom is -0.494 e. The van der Waals surface area contributed by atoms with Gasteiger partial charge in [0, 0.05) is 6.54 Å². The number of ether oxygens (including phenoxy) is 2. The van der Waals surface area contributed by atoms with Gasteiger partial charge in [0.25, 0.3) is 0 Å². The minimum atomic E-state index is -4.80. The lowest BCUT2D eigenvalue weighted by atomic mass is 10.3. The number of aliphatic imine (C=N–C) groups is 1. The summed E-state index contributed by atoms with van der Waals surface area (Å²) in [6, 6.07) is 11.2. The maximum atomic E-state index is 12.8. The Bertz CT molecular complexity index is 755. The van der Waals surface area contributed by atoms with Crippen molar-refractivity contribution >= 4 is 35.6 Å². The second kappa shape index (κ2) is 11.6. The van der Waals surface area contributed by atoms with Gasteiger partial charge in [0.15, 0.2) is 11.7 Å². The fraction of sp³-hybridized carbons (Fsp3) is 0.278. The molecule has 0 bridgehead atoms. The number of hydrogen-bond acceptors (Lipinski definition) is 3. The summed E-state index contributed by atoms with van der Waals surface area (Å²) < 4.78 is 59.3. The SMILES string of the molecule is I.NC(=NCCCCOc1ccc(F)cc1)Nc1ccccc1OC(F)(F)F. The molecule has 0 amide bonds. The zero-order valence-electron chi connectivity index (χ0n) is 14.7. The van der Waals surface area contributed by atoms with Gasteiger partial charge in [-0.25, -0.2) is 4.39 Å². The molecule has 0 aromatic heterocycles. The van der Waals surface area contributed by atoms with Gasteiger partial charge in [0.05, 0.1) is 12.3 Å². The molecule has 3 N–H and O–H groups in total. The molecule has 28 heavy (non-hydrogen) atoms. The van der Waals surface area contributed by atoms with Gasteiger partial charge in [0.2, 0.25) is 0 Å². The van der Waals surface area contributed by atoms with Crippen LogP contribution in [0.25, 0.3) is 0 Å². The third-order valence-electron chi connectivity index (χ3n) is 3.29. The van der Waals surface area contributed by atoms with Crippen molar-refractivity contribution in [3.8, 4) is 11.5 Å². The Kier molecular flexibility index (Phi) is 9.83. The largest absolute Gasteiger partial charge is 0.573 e. The molecule has 0 saturated carbocycles. The van der Waals surface area contributed by atoms with Gasteiger partial charge in [-0.3, -0.25) is 4.99 Å². The fourth-order valence-corrected chi connectivity index (χ4v) is 2.10. The summed E-state index contributed by atoms with van der Waals surface area (Å²) >= 11 is 0. The van der Waals surface area contributed by atoms with Crippen LogP contribution >= 0.6 is 24.0 Å². The van der Waals surface area contributed by atoms with Crippen molar-refractivity contribution in [1.29, 1.82) is 0 Å². The topological polar surface area (TPSA) is 68.9 Å². The zero-order chi connectivity index (χ0) is 19.7. The lowest BCUT2D eigenvalue weighted by molar-refractivity contribution is -0.274. The van der Waals surface area contributed by atoms with Crippen LogP contribution < -0.4 is 20.5 Å². The number of halogens is 5. The molecule has 0 heterocycles. The number of rotatable bonds is 8. The molecule has 5 nitrogen and oxygen atoms in total. The Hall–Kier alpha value is -2.24. The van der Waals surface area contributed by atoms with Crippen LogP contribution in [0, 0.1) is 5.82 Å². The van der Waals surface area contributed by atoms with Crippen LogP contribution in [0.1, 0.15) is 12.8 Å². The van der Waals surface area contributed by atoms with Gasteiger partial charge in [-0.05, 0) is 49.2 Å². The van der Waals surface area contributed by atoms with Crippen molar-refractivity contribution in [2.75, 3.05) is 18.5 Å². The molecule has 0 aliphatic heterocycles. The zero-order valence-corrected chi connectivity index (χ0v) is 17.0. The number of benzene rings is 2. The van der Waals surface area contributed by atoms with Crippen molar-refractivity contribution in [2.45, 2.75) is 19.2 Å². The van der Waals surface area contributed by atoms with E-state index in [0.717, 1.165) is 0 Å². The summed E-state index contributed by atoms with van der Waals surface area (Å²) in [7, 11) is 0. The van der Waals surface area contributed by atoms with Crippen LogP contribution in [0.2, 0.25) is 0 Å². The van der Waals surface area contributed by atoms with E-state index in [1.807, 2.05) is 0 Å². The van der Waals surface area contributed by atoms with Crippen LogP contribution in [0.4, 0.5) is 23.2 Å². The molecule has 0 aliphatic carbocycles. The molecule has 0 saturated heterocycles. The highest BCUT2D eigenvalue weighted by atomic mass is 127. The molecule has 2 aromatic carbocycles. The molecule has 0 fully saturated rings. The minimum absolute atomic E-state index is 0. The van der Waals surface area contributed by atoms with E-state index < -0.39 is 12.1 Å². The van der Waals surface area contributed by atoms with E-state index in [9.17, 15) is 17.6 Å². The summed E-state index contributed by atoms with van der Waals surface area (Å²) in [4.78, 5) is 4.05. The van der Waals surface area contributed by atoms with Gasteiger partial charge in [-0.15, -0.1) is 37.1 Å². The van der Waals surface area contributed by atoms with Crippen LogP contribution in [-0.4, -0.2) is 25.5 Å². The number of guanidine groups is 1. The van der Waals surface area contributed by atoms with Gasteiger partial charge in [-0.2, -0.15) is 0 Å². The third kappa shape index (κ3) is 9.11. The highest BCUT2D eigenvalue weighted by Crippen LogP contribution is 2.29. The Morgan fingerprint density at radius 1 is 1.04 bits per heavy atom. The fourth-order valence-electron chi connectivity index (χ4n) is 2.10. The Balaban J connectivity index is 0.00000392. The monoisotopic (exact) mass is 513 g/mol. The van der Waals surface area contributed by atoms with Crippen LogP contribution in [0.15, 0.2) is 53.5 Å². The molecule has 0 radical (unpaired) electrons. The average Bonchev–Trinajstić information content (AvgIpc) is 2.60. The van der Waals surface area contributed by atoms with E-state index in [4.69, 9.17) is 10.5 Å². The van der Waals surface area contributed by atoms with E-state index in [1.165, 1.54) is 42.5 Å². The van der Waals surface area contributed by atoms with Crippen molar-refractivity contribution in [1.82, 2.24) is 0 Å². The number of nitrogens with zero attached hydrogens (tertiary/aromatic N) is 1. The Morgan fingerprint density at radius 3 is 2.39 bits per heavy atom. The number of hydrogen-bond donors (Lipinski definition) is 2. The number of unbranched alkanes of at least 4 members (excludes halogenated alkanes) is 1. The van der Waals surface area contributed by atoms with E-state index in [-0.39, 0.29) is 41.4 Å². The lowest BCUT2D eigenvalue weighted by Crippen LogP contribution is -2.24. The predicted octanol–water partition coefficient (Wildman–Crippen LogP) is 4.93. The second-order valence-corrected chi connectivity index (χ2v) is 5.45. The predicted molar refractivity (Wildman–Crippen MR) is 110 cm³/mol. The van der Waals surface area contributed by atoms with Crippen molar-refractivity contribution in [3.05, 3.63) is 54.3 Å². The molecule has 10 heteroatoms. The summed E-state index contributed by atoms with van der Waals surface area (Å²) in [5.41, 5.74) is 5.76. The number of nitrogens with one attached hydrogen (secondary N) is 1. The number of alkyl halides is 3. The first kappa shape index (κ1) is 23.8. The summed E-state index contributed by atoms with van der Waals surface area (Å²) in [5.74, 6) is -0.173. The number of nitrogens with two attached hydrogens (primary N) is 1. The van der Waals surface area contributed by atoms with Gasteiger partial charge < -0.3 is 20.5 Å².